The summed E-state index contributed by atoms with van der Waals surface area (Å²) in [6.07, 6.45) is 0. The van der Waals surface area contributed by atoms with Gasteiger partial charge in [-0.2, -0.15) is 0 Å². The summed E-state index contributed by atoms with van der Waals surface area (Å²) < 4.78 is 42.8. The Kier molecular flexibility index (Phi) is 3.54. The molecule has 0 saturated carbocycles. The first-order valence-corrected chi connectivity index (χ1v) is 5.88. The molecule has 0 aliphatic rings. The van der Waals surface area contributed by atoms with Crippen LogP contribution in [0.3, 0.4) is 0 Å². The zero-order valence-corrected chi connectivity index (χ0v) is 9.24. The monoisotopic (exact) mass is 232 g/mol. The Labute approximate surface area is 86.9 Å². The molecule has 0 radical (unpaired) electrons. The predicted molar refractivity (Wildman–Crippen MR) is 50.3 cm³/mol. The van der Waals surface area contributed by atoms with Gasteiger partial charge in [0.25, 0.3) is 0 Å². The molecule has 2 atom stereocenters. The number of hydrogen-bond acceptors (Lipinski definition) is 4. The van der Waals surface area contributed by atoms with E-state index in [-0.39, 0.29) is 9.79 Å². The lowest BCUT2D eigenvalue weighted by Crippen LogP contribution is -1.99. The fourth-order valence-electron chi connectivity index (χ4n) is 1.17. The van der Waals surface area contributed by atoms with Crippen molar-refractivity contribution >= 4 is 22.2 Å². The Morgan fingerprint density at radius 2 is 1.29 bits per heavy atom. The third-order valence-electron chi connectivity index (χ3n) is 1.83. The minimum Gasteiger partial charge on any atom is -0.768 e. The lowest BCUT2D eigenvalue weighted by Gasteiger charge is -2.15. The Hall–Kier alpha value is -0.560. The van der Waals surface area contributed by atoms with Gasteiger partial charge in [-0.3, -0.25) is 8.42 Å². The molecule has 0 heterocycles. The average Bonchev–Trinajstić information content (AvgIpc) is 2.02. The van der Waals surface area contributed by atoms with Crippen molar-refractivity contribution in [1.29, 1.82) is 0 Å². The molecule has 2 unspecified atom stereocenters. The van der Waals surface area contributed by atoms with E-state index in [1.54, 1.807) is 13.8 Å². The Morgan fingerprint density at radius 3 is 1.57 bits per heavy atom. The predicted octanol–water partition coefficient (Wildman–Crippen LogP) is 0.779. The molecule has 0 bridgehead atoms. The van der Waals surface area contributed by atoms with E-state index in [4.69, 9.17) is 0 Å². The van der Waals surface area contributed by atoms with E-state index >= 15 is 0 Å². The summed E-state index contributed by atoms with van der Waals surface area (Å²) in [6, 6.07) is 2.70. The highest BCUT2D eigenvalue weighted by molar-refractivity contribution is 7.80. The summed E-state index contributed by atoms with van der Waals surface area (Å²) in [5.74, 6) is 0. The van der Waals surface area contributed by atoms with Crippen LogP contribution in [0.4, 0.5) is 0 Å². The highest BCUT2D eigenvalue weighted by atomic mass is 32.2. The molecule has 0 aliphatic carbocycles. The summed E-state index contributed by atoms with van der Waals surface area (Å²) in [6.45, 7) is 3.24. The van der Waals surface area contributed by atoms with E-state index in [0.29, 0.717) is 11.1 Å². The first kappa shape index (κ1) is 11.5. The van der Waals surface area contributed by atoms with Gasteiger partial charge in [-0.05, 0) is 53.2 Å². The van der Waals surface area contributed by atoms with Gasteiger partial charge in [-0.25, -0.2) is 0 Å². The minimum atomic E-state index is -2.40. The Bertz CT molecular complexity index is 379. The summed E-state index contributed by atoms with van der Waals surface area (Å²) in [7, 11) is 0. The fourth-order valence-corrected chi connectivity index (χ4v) is 2.32. The van der Waals surface area contributed by atoms with Crippen LogP contribution in [-0.2, 0) is 22.2 Å². The van der Waals surface area contributed by atoms with Crippen LogP contribution in [0.25, 0.3) is 0 Å². The molecular formula is C8H8O4S2-2. The SMILES string of the molecule is Cc1cc(C)c(S(=O)[O-])cc1S(=O)[O-]. The standard InChI is InChI=1S/C8H10O4S2/c1-5-3-6(2)8(14(11)12)4-7(5)13(9)10/h3-4H,1-2H3,(H,9,10)(H,11,12)/p-2. The first-order chi connectivity index (χ1) is 6.43. The molecule has 0 fully saturated rings. The second-order valence-electron chi connectivity index (χ2n) is 2.85. The molecular weight excluding hydrogens is 224 g/mol. The van der Waals surface area contributed by atoms with Gasteiger partial charge in [-0.1, -0.05) is 6.07 Å². The first-order valence-electron chi connectivity index (χ1n) is 3.73. The zero-order valence-electron chi connectivity index (χ0n) is 7.60. The molecule has 6 heteroatoms. The van der Waals surface area contributed by atoms with Crippen LogP contribution >= 0.6 is 0 Å². The molecule has 1 aromatic carbocycles. The van der Waals surface area contributed by atoms with Gasteiger partial charge in [0, 0.05) is 9.79 Å². The molecule has 14 heavy (non-hydrogen) atoms. The van der Waals surface area contributed by atoms with Gasteiger partial charge < -0.3 is 9.11 Å². The van der Waals surface area contributed by atoms with Gasteiger partial charge in [0.1, 0.15) is 0 Å². The maximum Gasteiger partial charge on any atom is 0.0289 e. The molecule has 78 valence electrons. The smallest absolute Gasteiger partial charge is 0.0289 e. The Balaban J connectivity index is 3.42. The molecule has 0 N–H and O–H groups in total. The number of rotatable bonds is 2. The van der Waals surface area contributed by atoms with Crippen molar-refractivity contribution in [2.45, 2.75) is 23.6 Å². The number of aryl methyl sites for hydroxylation is 2. The van der Waals surface area contributed by atoms with Gasteiger partial charge >= 0.3 is 0 Å². The van der Waals surface area contributed by atoms with Crippen LogP contribution in [0.1, 0.15) is 11.1 Å². The van der Waals surface area contributed by atoms with E-state index in [9.17, 15) is 17.5 Å². The van der Waals surface area contributed by atoms with Crippen LogP contribution in [-0.4, -0.2) is 17.5 Å². The molecule has 1 aromatic rings. The van der Waals surface area contributed by atoms with E-state index in [2.05, 4.69) is 0 Å². The second-order valence-corrected chi connectivity index (χ2v) is 4.67. The summed E-state index contributed by atoms with van der Waals surface area (Å²) in [5, 5.41) is 0. The van der Waals surface area contributed by atoms with Gasteiger partial charge in [-0.15, -0.1) is 0 Å². The van der Waals surface area contributed by atoms with Crippen LogP contribution < -0.4 is 0 Å². The maximum atomic E-state index is 10.7. The molecule has 0 aromatic heterocycles. The topological polar surface area (TPSA) is 80.3 Å². The van der Waals surface area contributed by atoms with Crippen molar-refractivity contribution in [3.05, 3.63) is 23.3 Å². The second kappa shape index (κ2) is 4.31. The summed E-state index contributed by atoms with van der Waals surface area (Å²) in [5.41, 5.74) is 1.09. The number of benzene rings is 1. The van der Waals surface area contributed by atoms with Crippen LogP contribution in [0, 0.1) is 13.8 Å². The van der Waals surface area contributed by atoms with E-state index < -0.39 is 22.2 Å². The van der Waals surface area contributed by atoms with Crippen LogP contribution in [0.15, 0.2) is 21.9 Å². The molecule has 0 spiro atoms. The third kappa shape index (κ3) is 2.27. The number of hydrogen-bond donors (Lipinski definition) is 0. The van der Waals surface area contributed by atoms with Crippen molar-refractivity contribution in [2.24, 2.45) is 0 Å². The quantitative estimate of drug-likeness (QED) is 0.706. The van der Waals surface area contributed by atoms with Crippen molar-refractivity contribution < 1.29 is 17.5 Å². The van der Waals surface area contributed by atoms with Gasteiger partial charge in [0.2, 0.25) is 0 Å². The lowest BCUT2D eigenvalue weighted by atomic mass is 10.2. The van der Waals surface area contributed by atoms with Crippen LogP contribution in [0.2, 0.25) is 0 Å². The van der Waals surface area contributed by atoms with Crippen molar-refractivity contribution in [1.82, 2.24) is 0 Å². The third-order valence-corrected chi connectivity index (χ3v) is 3.43. The lowest BCUT2D eigenvalue weighted by molar-refractivity contribution is 0.534. The highest BCUT2D eigenvalue weighted by Gasteiger charge is 2.05. The normalized spacial score (nSPS) is 15.1. The van der Waals surface area contributed by atoms with Crippen molar-refractivity contribution in [3.8, 4) is 0 Å². The highest BCUT2D eigenvalue weighted by Crippen LogP contribution is 2.20. The van der Waals surface area contributed by atoms with E-state index in [0.717, 1.165) is 6.07 Å². The molecule has 0 aliphatic heterocycles. The largest absolute Gasteiger partial charge is 0.768 e. The maximum absolute atomic E-state index is 10.7. The van der Waals surface area contributed by atoms with Crippen molar-refractivity contribution in [3.63, 3.8) is 0 Å². The zero-order chi connectivity index (χ0) is 10.9. The molecule has 0 saturated heterocycles. The van der Waals surface area contributed by atoms with Gasteiger partial charge in [0.05, 0.1) is 0 Å². The molecule has 1 rings (SSSR count). The minimum absolute atomic E-state index is 0.0230. The van der Waals surface area contributed by atoms with E-state index in [1.807, 2.05) is 0 Å². The van der Waals surface area contributed by atoms with Crippen molar-refractivity contribution in [2.75, 3.05) is 0 Å². The van der Waals surface area contributed by atoms with E-state index in [1.165, 1.54) is 6.07 Å². The van der Waals surface area contributed by atoms with Crippen LogP contribution in [0.5, 0.6) is 0 Å². The molecule has 0 amide bonds. The molecule has 4 nitrogen and oxygen atoms in total. The fraction of sp³-hybridized carbons (Fsp3) is 0.250. The average molecular weight is 232 g/mol. The Morgan fingerprint density at radius 1 is 0.929 bits per heavy atom. The summed E-state index contributed by atoms with van der Waals surface area (Å²) in [4.78, 5) is 0.0459. The summed E-state index contributed by atoms with van der Waals surface area (Å²) >= 11 is -4.80. The van der Waals surface area contributed by atoms with Gasteiger partial charge in [0.15, 0.2) is 0 Å².